The summed E-state index contributed by atoms with van der Waals surface area (Å²) in [6.07, 6.45) is 0. The number of hydrogen-bond donors (Lipinski definition) is 0. The maximum absolute atomic E-state index is 5.88. The fraction of sp³-hybridized carbons (Fsp3) is 0.200. The van der Waals surface area contributed by atoms with E-state index in [2.05, 4.69) is 39.9 Å². The van der Waals surface area contributed by atoms with Crippen LogP contribution < -0.4 is 4.74 Å². The zero-order chi connectivity index (χ0) is 21.3. The van der Waals surface area contributed by atoms with Crippen LogP contribution in [0.25, 0.3) is 11.4 Å². The molecule has 0 N–H and O–H groups in total. The Morgan fingerprint density at radius 3 is 2.81 bits per heavy atom. The summed E-state index contributed by atoms with van der Waals surface area (Å²) in [6, 6.07) is 20.1. The SMILES string of the molecule is CCN(CC#Cc1ccccc1)Cc1cccc(OCc2nc(-c3ccsc3)no2)c1. The molecule has 4 aromatic rings. The first kappa shape index (κ1) is 20.9. The topological polar surface area (TPSA) is 51.4 Å². The van der Waals surface area contributed by atoms with E-state index in [1.165, 1.54) is 5.56 Å². The van der Waals surface area contributed by atoms with Crippen LogP contribution in [0, 0.1) is 11.8 Å². The van der Waals surface area contributed by atoms with Gasteiger partial charge in [0.1, 0.15) is 5.75 Å². The molecule has 2 aromatic carbocycles. The van der Waals surface area contributed by atoms with E-state index >= 15 is 0 Å². The standard InChI is InChI=1S/C25H23N3O2S/c1-2-28(14-7-11-20-8-4-3-5-9-20)17-21-10-6-12-23(16-21)29-18-24-26-25(27-30-24)22-13-15-31-19-22/h3-6,8-10,12-13,15-16,19H,2,14,17-18H2,1H3. The fourth-order valence-corrected chi connectivity index (χ4v) is 3.65. The number of thiophene rings is 1. The summed E-state index contributed by atoms with van der Waals surface area (Å²) in [7, 11) is 0. The Kier molecular flexibility index (Phi) is 7.12. The minimum Gasteiger partial charge on any atom is -0.484 e. The van der Waals surface area contributed by atoms with Crippen molar-refractivity contribution in [3.8, 4) is 29.0 Å². The van der Waals surface area contributed by atoms with Gasteiger partial charge in [0, 0.05) is 23.1 Å². The summed E-state index contributed by atoms with van der Waals surface area (Å²) in [4.78, 5) is 6.68. The highest BCUT2D eigenvalue weighted by Gasteiger charge is 2.10. The van der Waals surface area contributed by atoms with E-state index in [0.717, 1.165) is 30.0 Å². The van der Waals surface area contributed by atoms with Crippen molar-refractivity contribution in [3.05, 3.63) is 88.4 Å². The average molecular weight is 430 g/mol. The van der Waals surface area contributed by atoms with Crippen molar-refractivity contribution in [2.24, 2.45) is 0 Å². The Morgan fingerprint density at radius 1 is 1.10 bits per heavy atom. The molecule has 31 heavy (non-hydrogen) atoms. The van der Waals surface area contributed by atoms with Gasteiger partial charge in [-0.1, -0.05) is 54.3 Å². The Bertz CT molecular complexity index is 1140. The van der Waals surface area contributed by atoms with Crippen molar-refractivity contribution in [2.45, 2.75) is 20.1 Å². The number of benzene rings is 2. The molecule has 0 saturated heterocycles. The molecule has 0 bridgehead atoms. The minimum atomic E-state index is 0.237. The molecule has 4 rings (SSSR count). The van der Waals surface area contributed by atoms with E-state index in [9.17, 15) is 0 Å². The number of ether oxygens (including phenoxy) is 1. The van der Waals surface area contributed by atoms with Crippen molar-refractivity contribution < 1.29 is 9.26 Å². The largest absolute Gasteiger partial charge is 0.484 e. The minimum absolute atomic E-state index is 0.237. The quantitative estimate of drug-likeness (QED) is 0.358. The third-order valence-electron chi connectivity index (χ3n) is 4.67. The molecule has 5 nitrogen and oxygen atoms in total. The first-order valence-electron chi connectivity index (χ1n) is 10.1. The molecule has 0 aliphatic heterocycles. The van der Waals surface area contributed by atoms with Crippen molar-refractivity contribution in [3.63, 3.8) is 0 Å². The molecule has 0 aliphatic rings. The number of hydrogen-bond acceptors (Lipinski definition) is 6. The zero-order valence-electron chi connectivity index (χ0n) is 17.3. The van der Waals surface area contributed by atoms with Crippen molar-refractivity contribution >= 4 is 11.3 Å². The van der Waals surface area contributed by atoms with Crippen LogP contribution in [-0.4, -0.2) is 28.1 Å². The summed E-state index contributed by atoms with van der Waals surface area (Å²) < 4.78 is 11.2. The van der Waals surface area contributed by atoms with Crippen LogP contribution in [0.2, 0.25) is 0 Å². The number of nitrogens with zero attached hydrogens (tertiary/aromatic N) is 3. The molecule has 156 valence electrons. The van der Waals surface area contributed by atoms with Gasteiger partial charge in [-0.05, 0) is 47.8 Å². The molecule has 0 fully saturated rings. The molecule has 0 radical (unpaired) electrons. The highest BCUT2D eigenvalue weighted by molar-refractivity contribution is 7.08. The molecule has 0 saturated carbocycles. The van der Waals surface area contributed by atoms with Gasteiger partial charge < -0.3 is 9.26 Å². The van der Waals surface area contributed by atoms with Crippen LogP contribution >= 0.6 is 11.3 Å². The van der Waals surface area contributed by atoms with Gasteiger partial charge in [-0.2, -0.15) is 16.3 Å². The van der Waals surface area contributed by atoms with E-state index in [1.54, 1.807) is 11.3 Å². The predicted molar refractivity (Wildman–Crippen MR) is 123 cm³/mol. The smallest absolute Gasteiger partial charge is 0.264 e. The monoisotopic (exact) mass is 429 g/mol. The normalized spacial score (nSPS) is 10.6. The van der Waals surface area contributed by atoms with Gasteiger partial charge in [0.05, 0.1) is 6.54 Å². The molecule has 0 amide bonds. The Hall–Kier alpha value is -3.40. The van der Waals surface area contributed by atoms with E-state index in [4.69, 9.17) is 9.26 Å². The predicted octanol–water partition coefficient (Wildman–Crippen LogP) is 5.25. The molecular weight excluding hydrogens is 406 g/mol. The molecule has 0 aliphatic carbocycles. The van der Waals surface area contributed by atoms with Gasteiger partial charge in [0.15, 0.2) is 6.61 Å². The van der Waals surface area contributed by atoms with Gasteiger partial charge in [-0.25, -0.2) is 0 Å². The first-order valence-corrected chi connectivity index (χ1v) is 11.1. The van der Waals surface area contributed by atoms with E-state index in [1.807, 2.05) is 65.4 Å². The highest BCUT2D eigenvalue weighted by Crippen LogP contribution is 2.20. The molecule has 0 atom stereocenters. The van der Waals surface area contributed by atoms with E-state index in [-0.39, 0.29) is 6.61 Å². The second kappa shape index (κ2) is 10.6. The van der Waals surface area contributed by atoms with E-state index < -0.39 is 0 Å². The second-order valence-electron chi connectivity index (χ2n) is 6.93. The van der Waals surface area contributed by atoms with Gasteiger partial charge >= 0.3 is 0 Å². The average Bonchev–Trinajstić information content (AvgIpc) is 3.50. The summed E-state index contributed by atoms with van der Waals surface area (Å²) in [6.45, 7) is 4.82. The van der Waals surface area contributed by atoms with Crippen LogP contribution in [-0.2, 0) is 13.2 Å². The molecule has 0 unspecified atom stereocenters. The van der Waals surface area contributed by atoms with E-state index in [0.29, 0.717) is 18.3 Å². The second-order valence-corrected chi connectivity index (χ2v) is 7.71. The van der Waals surface area contributed by atoms with Crippen LogP contribution in [0.3, 0.4) is 0 Å². The Balaban J connectivity index is 1.32. The van der Waals surface area contributed by atoms with Crippen molar-refractivity contribution in [1.82, 2.24) is 15.0 Å². The fourth-order valence-electron chi connectivity index (χ4n) is 3.01. The number of aromatic nitrogens is 2. The van der Waals surface area contributed by atoms with Crippen molar-refractivity contribution in [2.75, 3.05) is 13.1 Å². The van der Waals surface area contributed by atoms with Gasteiger partial charge in [-0.15, -0.1) is 0 Å². The lowest BCUT2D eigenvalue weighted by Crippen LogP contribution is -2.23. The van der Waals surface area contributed by atoms with Crippen molar-refractivity contribution in [1.29, 1.82) is 0 Å². The summed E-state index contributed by atoms with van der Waals surface area (Å²) in [5, 5.41) is 7.99. The van der Waals surface area contributed by atoms with Gasteiger partial charge in [0.2, 0.25) is 5.82 Å². The van der Waals surface area contributed by atoms with Crippen LogP contribution in [0.4, 0.5) is 0 Å². The summed E-state index contributed by atoms with van der Waals surface area (Å²) in [5.74, 6) is 8.30. The maximum atomic E-state index is 5.88. The molecule has 2 aromatic heterocycles. The molecule has 2 heterocycles. The lowest BCUT2D eigenvalue weighted by Gasteiger charge is -2.17. The molecule has 0 spiro atoms. The lowest BCUT2D eigenvalue weighted by molar-refractivity contribution is 0.242. The molecule has 6 heteroatoms. The maximum Gasteiger partial charge on any atom is 0.264 e. The third-order valence-corrected chi connectivity index (χ3v) is 5.35. The van der Waals surface area contributed by atoms with Crippen LogP contribution in [0.1, 0.15) is 23.9 Å². The number of rotatable bonds is 8. The molecular formula is C25H23N3O2S. The summed E-state index contributed by atoms with van der Waals surface area (Å²) in [5.41, 5.74) is 3.17. The Labute approximate surface area is 186 Å². The van der Waals surface area contributed by atoms with Gasteiger partial charge in [-0.3, -0.25) is 4.90 Å². The third kappa shape index (κ3) is 6.05. The zero-order valence-corrected chi connectivity index (χ0v) is 18.1. The first-order chi connectivity index (χ1) is 15.3. The summed E-state index contributed by atoms with van der Waals surface area (Å²) >= 11 is 1.60. The highest BCUT2D eigenvalue weighted by atomic mass is 32.1. The van der Waals surface area contributed by atoms with Crippen LogP contribution in [0.15, 0.2) is 75.9 Å². The van der Waals surface area contributed by atoms with Gasteiger partial charge in [0.25, 0.3) is 5.89 Å². The van der Waals surface area contributed by atoms with Crippen LogP contribution in [0.5, 0.6) is 5.75 Å². The lowest BCUT2D eigenvalue weighted by atomic mass is 10.2. The Morgan fingerprint density at radius 2 is 2.00 bits per heavy atom.